The van der Waals surface area contributed by atoms with Gasteiger partial charge in [0.25, 0.3) is 0 Å². The summed E-state index contributed by atoms with van der Waals surface area (Å²) in [4.78, 5) is 16.1. The number of carbonyl (C=O) groups is 1. The van der Waals surface area contributed by atoms with Crippen molar-refractivity contribution in [1.29, 1.82) is 0 Å². The van der Waals surface area contributed by atoms with E-state index >= 15 is 0 Å². The Balaban J connectivity index is 2.59. The molecule has 1 amide bonds. The van der Waals surface area contributed by atoms with Crippen molar-refractivity contribution in [2.45, 2.75) is 44.9 Å². The van der Waals surface area contributed by atoms with E-state index < -0.39 is 6.10 Å². The third kappa shape index (κ3) is 4.23. The van der Waals surface area contributed by atoms with Crippen LogP contribution in [-0.4, -0.2) is 66.2 Å². The summed E-state index contributed by atoms with van der Waals surface area (Å²) in [6, 6.07) is 0.0112. The predicted octanol–water partition coefficient (Wildman–Crippen LogP) is -0.117. The summed E-state index contributed by atoms with van der Waals surface area (Å²) in [5.41, 5.74) is 5.95. The lowest BCUT2D eigenvalue weighted by Crippen LogP contribution is -2.44. The highest BCUT2D eigenvalue weighted by Crippen LogP contribution is 2.20. The first kappa shape index (κ1) is 15.4. The van der Waals surface area contributed by atoms with Crippen molar-refractivity contribution in [3.8, 4) is 0 Å². The molecule has 0 bridgehead atoms. The fourth-order valence-electron chi connectivity index (χ4n) is 2.35. The molecule has 1 rings (SSSR count). The highest BCUT2D eigenvalue weighted by atomic mass is 16.3. The van der Waals surface area contributed by atoms with E-state index in [2.05, 4.69) is 0 Å². The van der Waals surface area contributed by atoms with Gasteiger partial charge in [-0.25, -0.2) is 0 Å². The second kappa shape index (κ2) is 6.50. The smallest absolute Gasteiger partial charge is 0.224 e. The van der Waals surface area contributed by atoms with Gasteiger partial charge in [-0.3, -0.25) is 4.79 Å². The van der Waals surface area contributed by atoms with Gasteiger partial charge in [0, 0.05) is 31.6 Å². The van der Waals surface area contributed by atoms with Crippen molar-refractivity contribution in [2.75, 3.05) is 27.2 Å². The molecule has 106 valence electrons. The molecule has 1 aliphatic heterocycles. The van der Waals surface area contributed by atoms with Gasteiger partial charge in [0.15, 0.2) is 0 Å². The van der Waals surface area contributed by atoms with Crippen LogP contribution in [-0.2, 0) is 4.79 Å². The quantitative estimate of drug-likeness (QED) is 0.720. The highest BCUT2D eigenvalue weighted by Gasteiger charge is 2.34. The molecule has 1 heterocycles. The zero-order valence-corrected chi connectivity index (χ0v) is 12.0. The van der Waals surface area contributed by atoms with Gasteiger partial charge in [-0.15, -0.1) is 0 Å². The molecule has 3 N–H and O–H groups in total. The molecule has 1 fully saturated rings. The van der Waals surface area contributed by atoms with Crippen LogP contribution in [0.4, 0.5) is 0 Å². The van der Waals surface area contributed by atoms with Crippen molar-refractivity contribution >= 4 is 5.91 Å². The number of nitrogens with two attached hydrogens (primary N) is 1. The number of hydrogen-bond acceptors (Lipinski definition) is 4. The van der Waals surface area contributed by atoms with Gasteiger partial charge in [0.1, 0.15) is 0 Å². The Labute approximate surface area is 110 Å². The number of likely N-dealkylation sites (N-methyl/N-ethyl adjacent to an activating group) is 1. The topological polar surface area (TPSA) is 69.8 Å². The number of likely N-dealkylation sites (tertiary alicyclic amines) is 1. The highest BCUT2D eigenvalue weighted by molar-refractivity contribution is 5.77. The SMILES string of the molecule is CC(C)C(N)CC(=O)N1CC(O)CC1CN(C)C. The summed E-state index contributed by atoms with van der Waals surface area (Å²) < 4.78 is 0. The number of hydrogen-bond donors (Lipinski definition) is 2. The molecule has 18 heavy (non-hydrogen) atoms. The summed E-state index contributed by atoms with van der Waals surface area (Å²) in [7, 11) is 3.96. The van der Waals surface area contributed by atoms with E-state index in [0.717, 1.165) is 6.54 Å². The van der Waals surface area contributed by atoms with Gasteiger partial charge >= 0.3 is 0 Å². The predicted molar refractivity (Wildman–Crippen MR) is 72.1 cm³/mol. The second-order valence-electron chi connectivity index (χ2n) is 5.96. The summed E-state index contributed by atoms with van der Waals surface area (Å²) in [5.74, 6) is 0.369. The van der Waals surface area contributed by atoms with E-state index in [0.29, 0.717) is 25.3 Å². The summed E-state index contributed by atoms with van der Waals surface area (Å²) in [5, 5.41) is 9.73. The number of aliphatic hydroxyl groups is 1. The van der Waals surface area contributed by atoms with Crippen molar-refractivity contribution < 1.29 is 9.90 Å². The zero-order valence-electron chi connectivity index (χ0n) is 12.0. The minimum Gasteiger partial charge on any atom is -0.391 e. The Morgan fingerprint density at radius 3 is 2.61 bits per heavy atom. The molecule has 0 aromatic carbocycles. The van der Waals surface area contributed by atoms with E-state index in [-0.39, 0.29) is 18.0 Å². The maximum Gasteiger partial charge on any atom is 0.224 e. The molecule has 3 atom stereocenters. The Hall–Kier alpha value is -0.650. The largest absolute Gasteiger partial charge is 0.391 e. The van der Waals surface area contributed by atoms with Crippen molar-refractivity contribution in [2.24, 2.45) is 11.7 Å². The average Bonchev–Trinajstić information content (AvgIpc) is 2.58. The van der Waals surface area contributed by atoms with E-state index in [1.165, 1.54) is 0 Å². The molecule has 0 aliphatic carbocycles. The van der Waals surface area contributed by atoms with Gasteiger partial charge in [-0.1, -0.05) is 13.8 Å². The summed E-state index contributed by atoms with van der Waals surface area (Å²) >= 11 is 0. The summed E-state index contributed by atoms with van der Waals surface area (Å²) in [6.45, 7) is 5.28. The van der Waals surface area contributed by atoms with Gasteiger partial charge in [0.05, 0.1) is 6.10 Å². The Kier molecular flexibility index (Phi) is 5.56. The lowest BCUT2D eigenvalue weighted by molar-refractivity contribution is -0.133. The third-order valence-corrected chi connectivity index (χ3v) is 3.56. The Morgan fingerprint density at radius 1 is 1.50 bits per heavy atom. The van der Waals surface area contributed by atoms with Gasteiger partial charge < -0.3 is 20.6 Å². The monoisotopic (exact) mass is 257 g/mol. The fourth-order valence-corrected chi connectivity index (χ4v) is 2.35. The molecule has 0 aromatic heterocycles. The molecule has 1 saturated heterocycles. The minimum atomic E-state index is -0.394. The summed E-state index contributed by atoms with van der Waals surface area (Å²) in [6.07, 6.45) is 0.643. The van der Waals surface area contributed by atoms with Crippen LogP contribution in [0, 0.1) is 5.92 Å². The number of carbonyl (C=O) groups excluding carboxylic acids is 1. The van der Waals surface area contributed by atoms with Crippen molar-refractivity contribution in [3.63, 3.8) is 0 Å². The van der Waals surface area contributed by atoms with Gasteiger partial charge in [-0.2, -0.15) is 0 Å². The third-order valence-electron chi connectivity index (χ3n) is 3.56. The first-order valence-corrected chi connectivity index (χ1v) is 6.69. The molecule has 0 aromatic rings. The van der Waals surface area contributed by atoms with Crippen molar-refractivity contribution in [1.82, 2.24) is 9.80 Å². The molecule has 0 radical (unpaired) electrons. The standard InChI is InChI=1S/C13H27N3O2/c1-9(2)12(14)6-13(18)16-8-11(17)5-10(16)7-15(3)4/h9-12,17H,5-8,14H2,1-4H3. The molecule has 5 heteroatoms. The molecule has 1 aliphatic rings. The van der Waals surface area contributed by atoms with E-state index in [1.807, 2.05) is 32.8 Å². The molecular weight excluding hydrogens is 230 g/mol. The average molecular weight is 257 g/mol. The molecule has 0 saturated carbocycles. The normalized spacial score (nSPS) is 26.1. The van der Waals surface area contributed by atoms with Crippen molar-refractivity contribution in [3.05, 3.63) is 0 Å². The van der Waals surface area contributed by atoms with Crippen LogP contribution >= 0.6 is 0 Å². The zero-order chi connectivity index (χ0) is 13.9. The maximum atomic E-state index is 12.2. The number of aliphatic hydroxyl groups excluding tert-OH is 1. The van der Waals surface area contributed by atoms with Crippen LogP contribution in [0.2, 0.25) is 0 Å². The molecule has 0 spiro atoms. The van der Waals surface area contributed by atoms with E-state index in [1.54, 1.807) is 4.90 Å². The van der Waals surface area contributed by atoms with E-state index in [4.69, 9.17) is 5.73 Å². The van der Waals surface area contributed by atoms with Crippen LogP contribution in [0.15, 0.2) is 0 Å². The fraction of sp³-hybridized carbons (Fsp3) is 0.923. The minimum absolute atomic E-state index is 0.0691. The number of β-amino-alcohol motifs (C(OH)–C–C–N with tert-alkyl or cyclic N) is 1. The van der Waals surface area contributed by atoms with Crippen LogP contribution in [0.1, 0.15) is 26.7 Å². The molecule has 3 unspecified atom stereocenters. The first-order valence-electron chi connectivity index (χ1n) is 6.69. The van der Waals surface area contributed by atoms with E-state index in [9.17, 15) is 9.90 Å². The molecule has 5 nitrogen and oxygen atoms in total. The Bertz CT molecular complexity index is 281. The lowest BCUT2D eigenvalue weighted by Gasteiger charge is -2.28. The van der Waals surface area contributed by atoms with Gasteiger partial charge in [-0.05, 0) is 26.4 Å². The Morgan fingerprint density at radius 2 is 2.11 bits per heavy atom. The number of amides is 1. The number of rotatable bonds is 5. The van der Waals surface area contributed by atoms with Gasteiger partial charge in [0.2, 0.25) is 5.91 Å². The van der Waals surface area contributed by atoms with Crippen LogP contribution in [0.5, 0.6) is 0 Å². The van der Waals surface area contributed by atoms with Crippen LogP contribution < -0.4 is 5.73 Å². The first-order chi connectivity index (χ1) is 8.31. The van der Waals surface area contributed by atoms with Crippen LogP contribution in [0.25, 0.3) is 0 Å². The number of nitrogens with zero attached hydrogens (tertiary/aromatic N) is 2. The molecular formula is C13H27N3O2. The second-order valence-corrected chi connectivity index (χ2v) is 5.96. The maximum absolute atomic E-state index is 12.2. The van der Waals surface area contributed by atoms with Crippen LogP contribution in [0.3, 0.4) is 0 Å². The lowest BCUT2D eigenvalue weighted by atomic mass is 10.0.